The van der Waals surface area contributed by atoms with Crippen molar-refractivity contribution in [1.82, 2.24) is 49.3 Å². The number of carbonyl (C=O) groups is 3. The van der Waals surface area contributed by atoms with Crippen LogP contribution in [-0.4, -0.2) is 108 Å². The Kier molecular flexibility index (Phi) is 12.3. The summed E-state index contributed by atoms with van der Waals surface area (Å²) in [6.45, 7) is 7.45. The number of benzene rings is 3. The molecular formula is C53H58FN11O4. The van der Waals surface area contributed by atoms with Crippen LogP contribution in [0.3, 0.4) is 0 Å². The molecule has 7 aromatic rings. The molecule has 3 N–H and O–H groups in total. The van der Waals surface area contributed by atoms with Crippen LogP contribution in [0.5, 0.6) is 0 Å². The van der Waals surface area contributed by atoms with Gasteiger partial charge < -0.3 is 24.5 Å². The highest BCUT2D eigenvalue weighted by molar-refractivity contribution is 6.01. The molecule has 8 heterocycles. The van der Waals surface area contributed by atoms with Crippen molar-refractivity contribution < 1.29 is 23.5 Å². The number of imide groups is 1. The number of ether oxygens (including phenoxy) is 1. The predicted octanol–water partition coefficient (Wildman–Crippen LogP) is 7.23. The number of hydrogen-bond donors (Lipinski definition) is 3. The van der Waals surface area contributed by atoms with Gasteiger partial charge >= 0.3 is 0 Å². The van der Waals surface area contributed by atoms with Crippen molar-refractivity contribution in [1.29, 1.82) is 0 Å². The van der Waals surface area contributed by atoms with Gasteiger partial charge in [-0.05, 0) is 147 Å². The van der Waals surface area contributed by atoms with Gasteiger partial charge in [0.05, 0.1) is 35.5 Å². The molecule has 11 rings (SSSR count). The number of rotatable bonds is 12. The lowest BCUT2D eigenvalue weighted by Crippen LogP contribution is -2.47. The Bertz CT molecular complexity index is 3050. The van der Waals surface area contributed by atoms with Crippen molar-refractivity contribution in [2.24, 2.45) is 7.05 Å². The molecule has 3 fully saturated rings. The minimum atomic E-state index is -0.552. The van der Waals surface area contributed by atoms with Crippen LogP contribution >= 0.6 is 0 Å². The first-order valence-corrected chi connectivity index (χ1v) is 24.3. The Balaban J connectivity index is 0.651. The third-order valence-electron chi connectivity index (χ3n) is 14.9. The summed E-state index contributed by atoms with van der Waals surface area (Å²) in [5, 5.41) is 11.5. The van der Waals surface area contributed by atoms with Crippen LogP contribution in [0.15, 0.2) is 85.1 Å². The smallest absolute Gasteiger partial charge is 0.254 e. The molecular weight excluding hydrogens is 874 g/mol. The number of nitrogens with zero attached hydrogens (tertiary/aromatic N) is 8. The van der Waals surface area contributed by atoms with E-state index < -0.39 is 6.04 Å². The lowest BCUT2D eigenvalue weighted by Gasteiger charge is -2.32. The van der Waals surface area contributed by atoms with Crippen LogP contribution in [0.1, 0.15) is 94.8 Å². The van der Waals surface area contributed by atoms with E-state index in [1.54, 1.807) is 7.11 Å². The van der Waals surface area contributed by atoms with Crippen molar-refractivity contribution in [2.75, 3.05) is 45.2 Å². The highest BCUT2D eigenvalue weighted by Gasteiger charge is 2.30. The van der Waals surface area contributed by atoms with E-state index in [1.165, 1.54) is 17.3 Å². The molecule has 356 valence electrons. The van der Waals surface area contributed by atoms with Gasteiger partial charge in [-0.1, -0.05) is 24.3 Å². The molecule has 69 heavy (non-hydrogen) atoms. The average Bonchev–Trinajstić information content (AvgIpc) is 4.06. The van der Waals surface area contributed by atoms with Crippen LogP contribution in [0.4, 0.5) is 10.1 Å². The number of fused-ring (bicyclic) bond motifs is 3. The monoisotopic (exact) mass is 931 g/mol. The molecule has 4 aliphatic rings. The Labute approximate surface area is 400 Å². The van der Waals surface area contributed by atoms with E-state index in [1.807, 2.05) is 40.0 Å². The third-order valence-corrected chi connectivity index (χ3v) is 14.9. The summed E-state index contributed by atoms with van der Waals surface area (Å²) in [5.41, 5.74) is 11.7. The van der Waals surface area contributed by atoms with Gasteiger partial charge in [-0.25, -0.2) is 14.4 Å². The lowest BCUT2D eigenvalue weighted by atomic mass is 9.89. The van der Waals surface area contributed by atoms with Gasteiger partial charge in [0.25, 0.3) is 5.91 Å². The van der Waals surface area contributed by atoms with E-state index in [4.69, 9.17) is 14.8 Å². The fourth-order valence-corrected chi connectivity index (χ4v) is 11.0. The van der Waals surface area contributed by atoms with Crippen LogP contribution in [0.25, 0.3) is 33.2 Å². The highest BCUT2D eigenvalue weighted by atomic mass is 19.1. The molecule has 3 aromatic carbocycles. The molecule has 16 heteroatoms. The average molecular weight is 932 g/mol. The Morgan fingerprint density at radius 1 is 0.855 bits per heavy atom. The number of amides is 3. The summed E-state index contributed by atoms with van der Waals surface area (Å²) >= 11 is 0. The van der Waals surface area contributed by atoms with E-state index in [0.29, 0.717) is 61.9 Å². The summed E-state index contributed by atoms with van der Waals surface area (Å²) in [6.07, 6.45) is 6.34. The van der Waals surface area contributed by atoms with Gasteiger partial charge in [-0.3, -0.25) is 34.2 Å². The van der Waals surface area contributed by atoms with Gasteiger partial charge in [0.1, 0.15) is 29.9 Å². The SMILES string of the molecule is COCc1nc2ccc(-c3ccnc4c3cc(CN3CCC(c5ccc(C(=O)N6CCn7nc(CN8CCC(c9ccc(NC%10CCC(=O)NC%10=O)cc9F)CC8)cc7C6)cc5)CC3)n4C)cc2[nH]1. The molecule has 0 aliphatic carbocycles. The van der Waals surface area contributed by atoms with Crippen LogP contribution in [-0.2, 0) is 54.2 Å². The van der Waals surface area contributed by atoms with Gasteiger partial charge in [0.15, 0.2) is 0 Å². The number of nitrogens with one attached hydrogen (secondary N) is 3. The van der Waals surface area contributed by atoms with Gasteiger partial charge in [0, 0.05) is 68.7 Å². The van der Waals surface area contributed by atoms with Crippen LogP contribution < -0.4 is 10.6 Å². The standard InChI is InChI=1S/C53H58FN11O4/c1-61-40(28-44-42(13-18-55-51(44)61)37-7-10-46-48(25-37)58-49(57-46)32-69-2)30-63-19-14-34(15-20-63)33-3-5-36(6-4-33)53(68)64-23-24-65-41(31-64)26-39(60-65)29-62-21-16-35(17-22-62)43-9-8-38(27-45(43)54)56-47-11-12-50(66)59-52(47)67/h3-10,13,18,25-28,34-35,47,56H,11-12,14-17,19-24,29-32H2,1-2H3,(H,57,58)(H,59,66,67). The maximum absolute atomic E-state index is 15.3. The molecule has 4 aromatic heterocycles. The molecule has 4 aliphatic heterocycles. The van der Waals surface area contributed by atoms with E-state index >= 15 is 4.39 Å². The zero-order valence-corrected chi connectivity index (χ0v) is 39.2. The number of aryl methyl sites for hydroxylation is 1. The van der Waals surface area contributed by atoms with E-state index in [0.717, 1.165) is 109 Å². The van der Waals surface area contributed by atoms with Gasteiger partial charge in [-0.2, -0.15) is 5.10 Å². The number of halogens is 1. The molecule has 0 bridgehead atoms. The van der Waals surface area contributed by atoms with Gasteiger partial charge in [0.2, 0.25) is 11.8 Å². The number of aromatic amines is 1. The maximum Gasteiger partial charge on any atom is 0.254 e. The van der Waals surface area contributed by atoms with Crippen molar-refractivity contribution in [3.05, 3.63) is 130 Å². The number of hydrogen-bond acceptors (Lipinski definition) is 10. The van der Waals surface area contributed by atoms with E-state index in [-0.39, 0.29) is 35.9 Å². The van der Waals surface area contributed by atoms with Crippen molar-refractivity contribution in [3.8, 4) is 11.1 Å². The number of aromatic nitrogens is 6. The second-order valence-corrected chi connectivity index (χ2v) is 19.3. The molecule has 1 atom stereocenters. The number of carbonyl (C=O) groups excluding carboxylic acids is 3. The third kappa shape index (κ3) is 9.28. The zero-order valence-electron chi connectivity index (χ0n) is 39.2. The Morgan fingerprint density at radius 2 is 1.64 bits per heavy atom. The van der Waals surface area contributed by atoms with Gasteiger partial charge in [-0.15, -0.1) is 0 Å². The highest BCUT2D eigenvalue weighted by Crippen LogP contribution is 2.35. The summed E-state index contributed by atoms with van der Waals surface area (Å²) in [6, 6.07) is 25.8. The molecule has 3 saturated heterocycles. The minimum absolute atomic E-state index is 0.0464. The fourth-order valence-electron chi connectivity index (χ4n) is 11.0. The van der Waals surface area contributed by atoms with Crippen molar-refractivity contribution >= 4 is 45.5 Å². The van der Waals surface area contributed by atoms with Crippen LogP contribution in [0.2, 0.25) is 0 Å². The summed E-state index contributed by atoms with van der Waals surface area (Å²) in [4.78, 5) is 57.1. The number of anilines is 1. The number of pyridine rings is 1. The molecule has 0 radical (unpaired) electrons. The first-order chi connectivity index (χ1) is 33.6. The lowest BCUT2D eigenvalue weighted by molar-refractivity contribution is -0.133. The number of methoxy groups -OCH3 is 1. The van der Waals surface area contributed by atoms with E-state index in [9.17, 15) is 14.4 Å². The normalized spacial score (nSPS) is 18.8. The topological polar surface area (TPSA) is 159 Å². The number of piperidine rings is 3. The Hall–Kier alpha value is -6.75. The molecule has 3 amide bonds. The molecule has 15 nitrogen and oxygen atoms in total. The first-order valence-electron chi connectivity index (χ1n) is 24.3. The first kappa shape index (κ1) is 44.7. The largest absolute Gasteiger partial charge is 0.377 e. The minimum Gasteiger partial charge on any atom is -0.377 e. The van der Waals surface area contributed by atoms with Crippen molar-refractivity contribution in [3.63, 3.8) is 0 Å². The van der Waals surface area contributed by atoms with Crippen molar-refractivity contribution in [2.45, 2.75) is 89.2 Å². The fraction of sp³-hybridized carbons (Fsp3) is 0.396. The second-order valence-electron chi connectivity index (χ2n) is 19.3. The van der Waals surface area contributed by atoms with Crippen LogP contribution in [0, 0.1) is 5.82 Å². The molecule has 1 unspecified atom stereocenters. The number of imidazole rings is 1. The Morgan fingerprint density at radius 3 is 2.41 bits per heavy atom. The quantitative estimate of drug-likeness (QED) is 0.107. The maximum atomic E-state index is 15.3. The second kappa shape index (κ2) is 19.0. The van der Waals surface area contributed by atoms with E-state index in [2.05, 4.69) is 90.5 Å². The molecule has 0 spiro atoms. The summed E-state index contributed by atoms with van der Waals surface area (Å²) < 4.78 is 24.9. The summed E-state index contributed by atoms with van der Waals surface area (Å²) in [5.74, 6) is 0.487. The number of likely N-dealkylation sites (tertiary alicyclic amines) is 2. The molecule has 0 saturated carbocycles. The number of H-pyrrole nitrogens is 1. The predicted molar refractivity (Wildman–Crippen MR) is 261 cm³/mol. The summed E-state index contributed by atoms with van der Waals surface area (Å²) in [7, 11) is 3.79. The zero-order chi connectivity index (χ0) is 47.2.